The van der Waals surface area contributed by atoms with Gasteiger partial charge in [0.1, 0.15) is 5.75 Å². The van der Waals surface area contributed by atoms with Crippen LogP contribution in [-0.2, 0) is 6.54 Å². The summed E-state index contributed by atoms with van der Waals surface area (Å²) in [6.45, 7) is 2.68. The lowest BCUT2D eigenvalue weighted by atomic mass is 10.1. The molecule has 3 aromatic rings. The normalized spacial score (nSPS) is 10.6. The van der Waals surface area contributed by atoms with Gasteiger partial charge >= 0.3 is 0 Å². The summed E-state index contributed by atoms with van der Waals surface area (Å²) in [6, 6.07) is 16.4. The van der Waals surface area contributed by atoms with Gasteiger partial charge in [0.25, 0.3) is 11.5 Å². The average molecular weight is 336 g/mol. The zero-order chi connectivity index (χ0) is 17.8. The molecule has 0 radical (unpaired) electrons. The molecule has 128 valence electrons. The number of methoxy groups -OCH3 is 1. The molecule has 2 aromatic carbocycles. The highest BCUT2D eigenvalue weighted by molar-refractivity contribution is 5.94. The smallest absolute Gasteiger partial charge is 0.254 e. The summed E-state index contributed by atoms with van der Waals surface area (Å²) in [5, 5.41) is 0.872. The fraction of sp³-hybridized carbons (Fsp3) is 0.200. The van der Waals surface area contributed by atoms with E-state index in [2.05, 4.69) is 4.98 Å². The van der Waals surface area contributed by atoms with Crippen LogP contribution >= 0.6 is 0 Å². The van der Waals surface area contributed by atoms with Gasteiger partial charge < -0.3 is 14.6 Å². The summed E-state index contributed by atoms with van der Waals surface area (Å²) in [7, 11) is 1.60. The van der Waals surface area contributed by atoms with Crippen molar-refractivity contribution < 1.29 is 9.53 Å². The number of H-pyrrole nitrogens is 1. The molecule has 0 spiro atoms. The van der Waals surface area contributed by atoms with Gasteiger partial charge in [-0.25, -0.2) is 0 Å². The predicted octanol–water partition coefficient (Wildman–Crippen LogP) is 3.20. The Labute approximate surface area is 145 Å². The number of rotatable bonds is 5. The molecule has 1 aromatic heterocycles. The van der Waals surface area contributed by atoms with E-state index >= 15 is 0 Å². The van der Waals surface area contributed by atoms with Crippen LogP contribution in [0.1, 0.15) is 22.8 Å². The van der Waals surface area contributed by atoms with Crippen molar-refractivity contribution in [1.82, 2.24) is 9.88 Å². The minimum Gasteiger partial charge on any atom is -0.497 e. The van der Waals surface area contributed by atoms with Gasteiger partial charge in [0.2, 0.25) is 0 Å². The first-order chi connectivity index (χ1) is 12.1. The second-order valence-corrected chi connectivity index (χ2v) is 5.76. The lowest BCUT2D eigenvalue weighted by Gasteiger charge is -2.21. The maximum atomic E-state index is 12.6. The van der Waals surface area contributed by atoms with Crippen molar-refractivity contribution in [1.29, 1.82) is 0 Å². The molecular weight excluding hydrogens is 316 g/mol. The molecule has 1 amide bonds. The Hall–Kier alpha value is -3.08. The lowest BCUT2D eigenvalue weighted by Crippen LogP contribution is -2.32. The zero-order valence-corrected chi connectivity index (χ0v) is 14.3. The van der Waals surface area contributed by atoms with Crippen LogP contribution in [-0.4, -0.2) is 29.4 Å². The van der Waals surface area contributed by atoms with Crippen LogP contribution in [0.3, 0.4) is 0 Å². The van der Waals surface area contributed by atoms with Crippen LogP contribution in [0.2, 0.25) is 0 Å². The first-order valence-corrected chi connectivity index (χ1v) is 8.16. The monoisotopic (exact) mass is 336 g/mol. The van der Waals surface area contributed by atoms with E-state index in [1.54, 1.807) is 30.2 Å². The van der Waals surface area contributed by atoms with Gasteiger partial charge in [0, 0.05) is 28.6 Å². The first-order valence-electron chi connectivity index (χ1n) is 8.16. The SMILES string of the molecule is CCN(Cc1cc2cc(OC)ccc2[nH]c1=O)C(=O)c1ccccc1. The molecule has 5 nitrogen and oxygen atoms in total. The Morgan fingerprint density at radius 3 is 2.56 bits per heavy atom. The molecule has 0 saturated carbocycles. The minimum atomic E-state index is -0.183. The molecule has 0 aliphatic rings. The number of carbonyl (C=O) groups excluding carboxylic acids is 1. The Balaban J connectivity index is 1.93. The number of aromatic amines is 1. The number of fused-ring (bicyclic) bond motifs is 1. The van der Waals surface area contributed by atoms with Crippen LogP contribution in [0.15, 0.2) is 59.4 Å². The lowest BCUT2D eigenvalue weighted by molar-refractivity contribution is 0.0752. The van der Waals surface area contributed by atoms with Gasteiger partial charge in [-0.05, 0) is 43.3 Å². The third kappa shape index (κ3) is 3.55. The molecule has 25 heavy (non-hydrogen) atoms. The fourth-order valence-electron chi connectivity index (χ4n) is 2.77. The number of nitrogens with one attached hydrogen (secondary N) is 1. The van der Waals surface area contributed by atoms with Crippen molar-refractivity contribution in [3.63, 3.8) is 0 Å². The van der Waals surface area contributed by atoms with E-state index in [1.807, 2.05) is 43.3 Å². The number of benzene rings is 2. The quantitative estimate of drug-likeness (QED) is 0.778. The van der Waals surface area contributed by atoms with Gasteiger partial charge in [-0.1, -0.05) is 18.2 Å². The van der Waals surface area contributed by atoms with E-state index in [-0.39, 0.29) is 18.0 Å². The van der Waals surface area contributed by atoms with E-state index < -0.39 is 0 Å². The largest absolute Gasteiger partial charge is 0.497 e. The van der Waals surface area contributed by atoms with Gasteiger partial charge in [-0.15, -0.1) is 0 Å². The van der Waals surface area contributed by atoms with Gasteiger partial charge in [0.15, 0.2) is 0 Å². The number of amides is 1. The van der Waals surface area contributed by atoms with E-state index in [1.165, 1.54) is 0 Å². The van der Waals surface area contributed by atoms with Gasteiger partial charge in [0.05, 0.1) is 13.7 Å². The Bertz CT molecular complexity index is 948. The molecule has 0 fully saturated rings. The molecule has 0 aliphatic carbocycles. The highest BCUT2D eigenvalue weighted by Crippen LogP contribution is 2.19. The Morgan fingerprint density at radius 2 is 1.88 bits per heavy atom. The maximum Gasteiger partial charge on any atom is 0.254 e. The van der Waals surface area contributed by atoms with E-state index in [9.17, 15) is 9.59 Å². The fourth-order valence-corrected chi connectivity index (χ4v) is 2.77. The van der Waals surface area contributed by atoms with Crippen LogP contribution in [0.5, 0.6) is 5.75 Å². The summed E-state index contributed by atoms with van der Waals surface area (Å²) in [5.74, 6) is 0.631. The van der Waals surface area contributed by atoms with Crippen LogP contribution < -0.4 is 10.3 Å². The number of ether oxygens (including phenoxy) is 1. The van der Waals surface area contributed by atoms with Crippen molar-refractivity contribution in [3.8, 4) is 5.75 Å². The van der Waals surface area contributed by atoms with Crippen molar-refractivity contribution >= 4 is 16.8 Å². The molecule has 0 aliphatic heterocycles. The van der Waals surface area contributed by atoms with E-state index in [4.69, 9.17) is 4.74 Å². The average Bonchev–Trinajstić information content (AvgIpc) is 2.66. The zero-order valence-electron chi connectivity index (χ0n) is 14.3. The molecule has 0 unspecified atom stereocenters. The molecule has 3 rings (SSSR count). The van der Waals surface area contributed by atoms with Crippen LogP contribution in [0.25, 0.3) is 10.9 Å². The Morgan fingerprint density at radius 1 is 1.12 bits per heavy atom. The van der Waals surface area contributed by atoms with Crippen molar-refractivity contribution in [2.24, 2.45) is 0 Å². The second-order valence-electron chi connectivity index (χ2n) is 5.76. The first kappa shape index (κ1) is 16.8. The third-order valence-corrected chi connectivity index (χ3v) is 4.18. The number of pyridine rings is 1. The summed E-state index contributed by atoms with van der Waals surface area (Å²) < 4.78 is 5.23. The van der Waals surface area contributed by atoms with E-state index in [0.717, 1.165) is 16.7 Å². The standard InChI is InChI=1S/C20H20N2O3/c1-3-22(20(24)14-7-5-4-6-8-14)13-16-11-15-12-17(25-2)9-10-18(15)21-19(16)23/h4-12H,3,13H2,1-2H3,(H,21,23). The second kappa shape index (κ2) is 7.21. The summed E-state index contributed by atoms with van der Waals surface area (Å²) >= 11 is 0. The highest BCUT2D eigenvalue weighted by atomic mass is 16.5. The molecule has 1 N–H and O–H groups in total. The molecular formula is C20H20N2O3. The third-order valence-electron chi connectivity index (χ3n) is 4.18. The van der Waals surface area contributed by atoms with Crippen molar-refractivity contribution in [2.45, 2.75) is 13.5 Å². The summed E-state index contributed by atoms with van der Waals surface area (Å²) in [6.07, 6.45) is 0. The predicted molar refractivity (Wildman–Crippen MR) is 98.0 cm³/mol. The van der Waals surface area contributed by atoms with E-state index in [0.29, 0.717) is 17.7 Å². The Kier molecular flexibility index (Phi) is 4.84. The van der Waals surface area contributed by atoms with Crippen molar-refractivity contribution in [3.05, 3.63) is 76.1 Å². The topological polar surface area (TPSA) is 62.4 Å². The summed E-state index contributed by atoms with van der Waals surface area (Å²) in [4.78, 5) is 29.6. The maximum absolute atomic E-state index is 12.6. The molecule has 0 bridgehead atoms. The number of hydrogen-bond donors (Lipinski definition) is 1. The van der Waals surface area contributed by atoms with Crippen molar-refractivity contribution in [2.75, 3.05) is 13.7 Å². The highest BCUT2D eigenvalue weighted by Gasteiger charge is 2.16. The molecule has 5 heteroatoms. The van der Waals surface area contributed by atoms with Crippen LogP contribution in [0.4, 0.5) is 0 Å². The molecule has 0 saturated heterocycles. The molecule has 0 atom stereocenters. The summed E-state index contributed by atoms with van der Waals surface area (Å²) in [5.41, 5.74) is 1.72. The number of nitrogens with zero attached hydrogens (tertiary/aromatic N) is 1. The van der Waals surface area contributed by atoms with Gasteiger partial charge in [-0.3, -0.25) is 9.59 Å². The van der Waals surface area contributed by atoms with Crippen LogP contribution in [0, 0.1) is 0 Å². The number of aromatic nitrogens is 1. The molecule has 1 heterocycles. The minimum absolute atomic E-state index is 0.0896. The van der Waals surface area contributed by atoms with Gasteiger partial charge in [-0.2, -0.15) is 0 Å². The number of hydrogen-bond acceptors (Lipinski definition) is 3. The number of carbonyl (C=O) groups is 1.